The molecular weight excluding hydrogens is 448 g/mol. The summed E-state index contributed by atoms with van der Waals surface area (Å²) in [4.78, 5) is 21.5. The molecule has 30 heavy (non-hydrogen) atoms. The first-order chi connectivity index (χ1) is 14.1. The molecule has 0 spiro atoms. The lowest BCUT2D eigenvalue weighted by Gasteiger charge is -2.29. The molecule has 1 aliphatic rings. The van der Waals surface area contributed by atoms with E-state index in [0.717, 1.165) is 23.4 Å². The zero-order valence-electron chi connectivity index (χ0n) is 16.2. The van der Waals surface area contributed by atoms with E-state index >= 15 is 0 Å². The molecule has 1 fully saturated rings. The molecule has 0 aliphatic carbocycles. The van der Waals surface area contributed by atoms with Gasteiger partial charge in [-0.25, -0.2) is 9.37 Å². The number of anilines is 1. The Bertz CT molecular complexity index is 1010. The zero-order valence-corrected chi connectivity index (χ0v) is 18.6. The number of hydrogen-bond donors (Lipinski definition) is 0. The van der Waals surface area contributed by atoms with Crippen LogP contribution in [0.4, 0.5) is 9.52 Å². The summed E-state index contributed by atoms with van der Waals surface area (Å²) in [5.74, 6) is -0.484. The molecule has 1 aliphatic heterocycles. The minimum absolute atomic E-state index is 0. The first-order valence-corrected chi connectivity index (χ1v) is 10.7. The molecule has 1 amide bonds. The summed E-state index contributed by atoms with van der Waals surface area (Å²) >= 11 is 7.57. The quantitative estimate of drug-likeness (QED) is 0.535. The highest BCUT2D eigenvalue weighted by atomic mass is 35.5. The first kappa shape index (κ1) is 22.9. The third-order valence-electron chi connectivity index (χ3n) is 4.93. The van der Waals surface area contributed by atoms with Gasteiger partial charge in [-0.3, -0.25) is 14.6 Å². The van der Waals surface area contributed by atoms with Crippen molar-refractivity contribution in [1.82, 2.24) is 9.88 Å². The molecule has 1 saturated heterocycles. The number of amides is 1. The Balaban J connectivity index is 0.00000256. The highest BCUT2D eigenvalue weighted by Crippen LogP contribution is 2.31. The monoisotopic (exact) mass is 469 g/mol. The van der Waals surface area contributed by atoms with E-state index < -0.39 is 0 Å². The van der Waals surface area contributed by atoms with E-state index in [1.165, 1.54) is 17.4 Å². The van der Waals surface area contributed by atoms with Gasteiger partial charge >= 0.3 is 0 Å². The predicted octanol–water partition coefficient (Wildman–Crippen LogP) is 4.42. The summed E-state index contributed by atoms with van der Waals surface area (Å²) < 4.78 is 20.3. The highest BCUT2D eigenvalue weighted by Gasteiger charge is 2.23. The molecule has 4 rings (SSSR count). The standard InChI is InChI=1S/C21H21ClFN3O2S.ClH/c22-16-5-2-1-4-15(16)14-19(27)26(9-8-25-10-12-28-13-11-25)21-24-20-17(23)6-3-7-18(20)29-21;/h1-7H,8-14H2;1H. The van der Waals surface area contributed by atoms with Crippen LogP contribution in [0.5, 0.6) is 0 Å². The van der Waals surface area contributed by atoms with Gasteiger partial charge in [0.15, 0.2) is 5.13 Å². The van der Waals surface area contributed by atoms with Crippen LogP contribution < -0.4 is 4.90 Å². The summed E-state index contributed by atoms with van der Waals surface area (Å²) in [6.45, 7) is 4.24. The fourth-order valence-electron chi connectivity index (χ4n) is 3.31. The minimum atomic E-state index is -0.378. The fourth-order valence-corrected chi connectivity index (χ4v) is 4.54. The van der Waals surface area contributed by atoms with Crippen molar-refractivity contribution in [3.8, 4) is 0 Å². The predicted molar refractivity (Wildman–Crippen MR) is 122 cm³/mol. The van der Waals surface area contributed by atoms with Crippen LogP contribution in [0.2, 0.25) is 5.02 Å². The van der Waals surface area contributed by atoms with Crippen molar-refractivity contribution >= 4 is 56.6 Å². The first-order valence-electron chi connectivity index (χ1n) is 9.51. The van der Waals surface area contributed by atoms with Crippen LogP contribution in [0.15, 0.2) is 42.5 Å². The van der Waals surface area contributed by atoms with Gasteiger partial charge in [0.1, 0.15) is 11.3 Å². The molecule has 1 aromatic heterocycles. The number of fused-ring (bicyclic) bond motifs is 1. The molecule has 0 N–H and O–H groups in total. The van der Waals surface area contributed by atoms with Gasteiger partial charge in [-0.05, 0) is 23.8 Å². The van der Waals surface area contributed by atoms with Crippen molar-refractivity contribution in [3.63, 3.8) is 0 Å². The third kappa shape index (κ3) is 5.28. The molecule has 5 nitrogen and oxygen atoms in total. The van der Waals surface area contributed by atoms with Crippen molar-refractivity contribution in [2.24, 2.45) is 0 Å². The van der Waals surface area contributed by atoms with E-state index in [9.17, 15) is 9.18 Å². The second-order valence-corrected chi connectivity index (χ2v) is 8.27. The van der Waals surface area contributed by atoms with Crippen molar-refractivity contribution < 1.29 is 13.9 Å². The molecule has 2 heterocycles. The van der Waals surface area contributed by atoms with Crippen molar-refractivity contribution in [2.75, 3.05) is 44.3 Å². The van der Waals surface area contributed by atoms with E-state index in [1.54, 1.807) is 17.0 Å². The average Bonchev–Trinajstić information content (AvgIpc) is 3.16. The maximum absolute atomic E-state index is 14.1. The Morgan fingerprint density at radius 1 is 1.20 bits per heavy atom. The molecule has 160 valence electrons. The van der Waals surface area contributed by atoms with Gasteiger partial charge in [0, 0.05) is 31.2 Å². The molecule has 0 bridgehead atoms. The van der Waals surface area contributed by atoms with Gasteiger partial charge in [-0.1, -0.05) is 47.2 Å². The van der Waals surface area contributed by atoms with E-state index in [4.69, 9.17) is 16.3 Å². The number of benzene rings is 2. The minimum Gasteiger partial charge on any atom is -0.379 e. The molecule has 0 atom stereocenters. The van der Waals surface area contributed by atoms with Crippen LogP contribution in [-0.4, -0.2) is 55.2 Å². The average molecular weight is 470 g/mol. The van der Waals surface area contributed by atoms with Crippen molar-refractivity contribution in [2.45, 2.75) is 6.42 Å². The van der Waals surface area contributed by atoms with Gasteiger partial charge in [-0.15, -0.1) is 12.4 Å². The second kappa shape index (κ2) is 10.5. The van der Waals surface area contributed by atoms with Gasteiger partial charge in [0.05, 0.1) is 24.3 Å². The molecule has 0 radical (unpaired) electrons. The van der Waals surface area contributed by atoms with E-state index in [1.807, 2.05) is 24.3 Å². The maximum atomic E-state index is 14.1. The summed E-state index contributed by atoms with van der Waals surface area (Å²) in [7, 11) is 0. The second-order valence-electron chi connectivity index (χ2n) is 6.85. The van der Waals surface area contributed by atoms with E-state index in [-0.39, 0.29) is 30.6 Å². The van der Waals surface area contributed by atoms with Crippen LogP contribution in [0, 0.1) is 5.82 Å². The third-order valence-corrected chi connectivity index (χ3v) is 6.35. The smallest absolute Gasteiger partial charge is 0.233 e. The molecule has 0 saturated carbocycles. The molecule has 2 aromatic carbocycles. The number of carbonyl (C=O) groups excluding carboxylic acids is 1. The number of aromatic nitrogens is 1. The number of hydrogen-bond acceptors (Lipinski definition) is 5. The summed E-state index contributed by atoms with van der Waals surface area (Å²) in [6, 6.07) is 12.2. The molecule has 3 aromatic rings. The largest absolute Gasteiger partial charge is 0.379 e. The van der Waals surface area contributed by atoms with Crippen LogP contribution in [0.25, 0.3) is 10.2 Å². The van der Waals surface area contributed by atoms with Crippen LogP contribution in [0.1, 0.15) is 5.56 Å². The zero-order chi connectivity index (χ0) is 20.2. The van der Waals surface area contributed by atoms with Crippen molar-refractivity contribution in [3.05, 3.63) is 58.9 Å². The summed E-state index contributed by atoms with van der Waals surface area (Å²) in [5.41, 5.74) is 1.07. The number of morpholine rings is 1. The number of halogens is 3. The molecule has 9 heteroatoms. The fraction of sp³-hybridized carbons (Fsp3) is 0.333. The lowest BCUT2D eigenvalue weighted by Crippen LogP contribution is -2.43. The van der Waals surface area contributed by atoms with Crippen LogP contribution in [0.3, 0.4) is 0 Å². The number of rotatable bonds is 6. The molecule has 0 unspecified atom stereocenters. The summed E-state index contributed by atoms with van der Waals surface area (Å²) in [6.07, 6.45) is 0.168. The SMILES string of the molecule is Cl.O=C(Cc1ccccc1Cl)N(CCN1CCOCC1)c1nc2c(F)cccc2s1. The maximum Gasteiger partial charge on any atom is 0.233 e. The number of carbonyl (C=O) groups is 1. The van der Waals surface area contributed by atoms with Gasteiger partial charge in [-0.2, -0.15) is 0 Å². The highest BCUT2D eigenvalue weighted by molar-refractivity contribution is 7.22. The van der Waals surface area contributed by atoms with Crippen molar-refractivity contribution in [1.29, 1.82) is 0 Å². The Morgan fingerprint density at radius 3 is 2.70 bits per heavy atom. The van der Waals surface area contributed by atoms with E-state index in [0.29, 0.717) is 42.0 Å². The topological polar surface area (TPSA) is 45.7 Å². The Hall–Kier alpha value is -1.77. The Kier molecular flexibility index (Phi) is 8.02. The number of nitrogens with zero attached hydrogens (tertiary/aromatic N) is 3. The van der Waals surface area contributed by atoms with Crippen LogP contribution in [-0.2, 0) is 16.0 Å². The number of ether oxygens (including phenoxy) is 1. The normalized spacial score (nSPS) is 14.5. The molecular formula is C21H22Cl2FN3O2S. The van der Waals surface area contributed by atoms with Gasteiger partial charge < -0.3 is 4.74 Å². The van der Waals surface area contributed by atoms with Crippen LogP contribution >= 0.6 is 35.3 Å². The summed E-state index contributed by atoms with van der Waals surface area (Å²) in [5, 5.41) is 1.07. The Labute approximate surface area is 189 Å². The Morgan fingerprint density at radius 2 is 1.97 bits per heavy atom. The number of thiazole rings is 1. The lowest BCUT2D eigenvalue weighted by atomic mass is 10.1. The number of para-hydroxylation sites is 1. The van der Waals surface area contributed by atoms with E-state index in [2.05, 4.69) is 9.88 Å². The lowest BCUT2D eigenvalue weighted by molar-refractivity contribution is -0.118. The van der Waals surface area contributed by atoms with Gasteiger partial charge in [0.2, 0.25) is 5.91 Å². The van der Waals surface area contributed by atoms with Gasteiger partial charge in [0.25, 0.3) is 0 Å².